The third-order valence-electron chi connectivity index (χ3n) is 3.30. The van der Waals surface area contributed by atoms with Crippen molar-refractivity contribution in [2.75, 3.05) is 11.9 Å². The summed E-state index contributed by atoms with van der Waals surface area (Å²) in [4.78, 5) is 11.8. The molecule has 0 unspecified atom stereocenters. The molecule has 0 aliphatic carbocycles. The number of nitrogens with one attached hydrogen (secondary N) is 2. The van der Waals surface area contributed by atoms with Crippen molar-refractivity contribution in [3.63, 3.8) is 0 Å². The van der Waals surface area contributed by atoms with Gasteiger partial charge in [-0.15, -0.1) is 6.58 Å². The molecule has 7 heteroatoms. The van der Waals surface area contributed by atoms with Crippen molar-refractivity contribution >= 4 is 29.5 Å². The van der Waals surface area contributed by atoms with E-state index in [2.05, 4.69) is 22.4 Å². The lowest BCUT2D eigenvalue weighted by molar-refractivity contribution is 0.252. The second-order valence-electron chi connectivity index (χ2n) is 5.29. The Bertz CT molecular complexity index is 822. The molecule has 0 spiro atoms. The first-order chi connectivity index (χ1) is 12.5. The molecule has 0 atom stereocenters. The number of benzene rings is 2. The third-order valence-corrected chi connectivity index (χ3v) is 3.54. The van der Waals surface area contributed by atoms with Gasteiger partial charge in [-0.1, -0.05) is 23.7 Å². The first-order valence-electron chi connectivity index (χ1n) is 7.98. The second-order valence-corrected chi connectivity index (χ2v) is 5.72. The molecule has 2 aromatic carbocycles. The Kier molecular flexibility index (Phi) is 7.05. The van der Waals surface area contributed by atoms with Gasteiger partial charge in [-0.2, -0.15) is 5.10 Å². The van der Waals surface area contributed by atoms with Crippen LogP contribution in [0.15, 0.2) is 54.2 Å². The van der Waals surface area contributed by atoms with Crippen LogP contribution in [-0.4, -0.2) is 24.0 Å². The number of allylic oxidation sites excluding steroid dienone is 1. The number of nitrogens with zero attached hydrogens (tertiary/aromatic N) is 1. The summed E-state index contributed by atoms with van der Waals surface area (Å²) in [6.45, 7) is 5.92. The summed E-state index contributed by atoms with van der Waals surface area (Å²) in [7, 11) is 0. The Hall–Kier alpha value is -2.99. The van der Waals surface area contributed by atoms with Gasteiger partial charge in [-0.25, -0.2) is 10.2 Å². The van der Waals surface area contributed by atoms with Gasteiger partial charge in [0, 0.05) is 16.3 Å². The zero-order chi connectivity index (χ0) is 18.9. The number of ether oxygens (including phenoxy) is 1. The number of carbonyl (C=O) groups excluding carboxylic acids is 1. The van der Waals surface area contributed by atoms with Crippen molar-refractivity contribution in [2.45, 2.75) is 13.3 Å². The van der Waals surface area contributed by atoms with Gasteiger partial charge in [0.2, 0.25) is 0 Å². The summed E-state index contributed by atoms with van der Waals surface area (Å²) in [5, 5.41) is 17.2. The molecule has 26 heavy (non-hydrogen) atoms. The zero-order valence-corrected chi connectivity index (χ0v) is 15.1. The number of carbonyl (C=O) groups is 1. The van der Waals surface area contributed by atoms with Gasteiger partial charge < -0.3 is 15.2 Å². The molecule has 0 aromatic heterocycles. The van der Waals surface area contributed by atoms with Gasteiger partial charge in [0.05, 0.1) is 12.8 Å². The molecular weight excluding hydrogens is 354 g/mol. The Morgan fingerprint density at radius 1 is 1.38 bits per heavy atom. The van der Waals surface area contributed by atoms with Crippen molar-refractivity contribution in [1.29, 1.82) is 0 Å². The molecule has 0 heterocycles. The lowest BCUT2D eigenvalue weighted by Crippen LogP contribution is -2.24. The number of urea groups is 1. The number of hydrogen-bond donors (Lipinski definition) is 3. The summed E-state index contributed by atoms with van der Waals surface area (Å²) < 4.78 is 5.42. The van der Waals surface area contributed by atoms with E-state index in [1.54, 1.807) is 42.5 Å². The number of halogens is 1. The maximum absolute atomic E-state index is 11.8. The van der Waals surface area contributed by atoms with Crippen molar-refractivity contribution in [3.05, 3.63) is 65.2 Å². The normalized spacial score (nSPS) is 10.5. The summed E-state index contributed by atoms with van der Waals surface area (Å²) >= 11 is 5.87. The highest BCUT2D eigenvalue weighted by atomic mass is 35.5. The molecular formula is C19H20ClN3O3. The number of phenols is 1. The van der Waals surface area contributed by atoms with E-state index in [-0.39, 0.29) is 5.75 Å². The molecule has 0 saturated heterocycles. The van der Waals surface area contributed by atoms with Crippen LogP contribution in [0.5, 0.6) is 11.5 Å². The van der Waals surface area contributed by atoms with Gasteiger partial charge in [0.25, 0.3) is 0 Å². The Morgan fingerprint density at radius 3 is 2.88 bits per heavy atom. The average molecular weight is 374 g/mol. The molecule has 0 radical (unpaired) electrons. The molecule has 0 aliphatic rings. The SMILES string of the molecule is C=CCc1cc(/C=N/NC(=O)Nc2cccc(Cl)c2)cc(OCC)c1O. The molecule has 2 amide bonds. The van der Waals surface area contributed by atoms with E-state index in [9.17, 15) is 9.90 Å². The Morgan fingerprint density at radius 2 is 2.19 bits per heavy atom. The fourth-order valence-corrected chi connectivity index (χ4v) is 2.42. The standard InChI is InChI=1S/C19H20ClN3O3/c1-3-6-14-9-13(10-17(18(14)24)26-4-2)12-21-23-19(25)22-16-8-5-7-15(20)11-16/h3,5,7-12,24H,1,4,6H2,2H3,(H2,22,23,25)/b21-12+. The number of hydrazone groups is 1. The molecule has 0 saturated carbocycles. The van der Waals surface area contributed by atoms with Crippen molar-refractivity contribution < 1.29 is 14.6 Å². The third kappa shape index (κ3) is 5.53. The predicted octanol–water partition coefficient (Wildman–Crippen LogP) is 4.33. The number of amides is 2. The van der Waals surface area contributed by atoms with Crippen molar-refractivity contribution in [1.82, 2.24) is 5.43 Å². The molecule has 2 aromatic rings. The molecule has 6 nitrogen and oxygen atoms in total. The highest BCUT2D eigenvalue weighted by Gasteiger charge is 2.09. The second kappa shape index (κ2) is 9.48. The minimum atomic E-state index is -0.501. The summed E-state index contributed by atoms with van der Waals surface area (Å²) in [6, 6.07) is 9.67. The van der Waals surface area contributed by atoms with E-state index in [0.29, 0.717) is 40.6 Å². The van der Waals surface area contributed by atoms with Crippen molar-refractivity contribution in [3.8, 4) is 11.5 Å². The number of hydrogen-bond acceptors (Lipinski definition) is 4. The van der Waals surface area contributed by atoms with E-state index < -0.39 is 6.03 Å². The van der Waals surface area contributed by atoms with E-state index in [4.69, 9.17) is 16.3 Å². The fraction of sp³-hybridized carbons (Fsp3) is 0.158. The van der Waals surface area contributed by atoms with Crippen LogP contribution in [0, 0.1) is 0 Å². The predicted molar refractivity (Wildman–Crippen MR) is 104 cm³/mol. The van der Waals surface area contributed by atoms with Gasteiger partial charge in [-0.05, 0) is 49.2 Å². The molecule has 0 aliphatic heterocycles. The number of anilines is 1. The lowest BCUT2D eigenvalue weighted by Gasteiger charge is -2.11. The zero-order valence-electron chi connectivity index (χ0n) is 14.3. The quantitative estimate of drug-likeness (QED) is 0.384. The number of aromatic hydroxyl groups is 1. The smallest absolute Gasteiger partial charge is 0.339 e. The van der Waals surface area contributed by atoms with Gasteiger partial charge in [0.1, 0.15) is 0 Å². The van der Waals surface area contributed by atoms with Crippen LogP contribution >= 0.6 is 11.6 Å². The first kappa shape index (κ1) is 19.3. The number of phenolic OH excluding ortho intramolecular Hbond substituents is 1. The van der Waals surface area contributed by atoms with E-state index in [1.165, 1.54) is 6.21 Å². The van der Waals surface area contributed by atoms with Crippen LogP contribution < -0.4 is 15.5 Å². The first-order valence-corrected chi connectivity index (χ1v) is 8.36. The molecule has 0 bridgehead atoms. The monoisotopic (exact) mass is 373 g/mol. The lowest BCUT2D eigenvalue weighted by atomic mass is 10.1. The maximum atomic E-state index is 11.8. The van der Waals surface area contributed by atoms with E-state index in [1.807, 2.05) is 6.92 Å². The van der Waals surface area contributed by atoms with Crippen LogP contribution in [0.1, 0.15) is 18.1 Å². The minimum absolute atomic E-state index is 0.0792. The minimum Gasteiger partial charge on any atom is -0.504 e. The van der Waals surface area contributed by atoms with Crippen molar-refractivity contribution in [2.24, 2.45) is 5.10 Å². The Balaban J connectivity index is 2.06. The molecule has 0 fully saturated rings. The Labute approximate surface area is 157 Å². The summed E-state index contributed by atoms with van der Waals surface area (Å²) in [5.41, 5.74) is 4.26. The fourth-order valence-electron chi connectivity index (χ4n) is 2.23. The largest absolute Gasteiger partial charge is 0.504 e. The van der Waals surface area contributed by atoms with Crippen LogP contribution in [0.3, 0.4) is 0 Å². The molecule has 3 N–H and O–H groups in total. The summed E-state index contributed by atoms with van der Waals surface area (Å²) in [6.07, 6.45) is 3.63. The van der Waals surface area contributed by atoms with Crippen LogP contribution in [0.4, 0.5) is 10.5 Å². The highest BCUT2D eigenvalue weighted by Crippen LogP contribution is 2.31. The van der Waals surface area contributed by atoms with Gasteiger partial charge in [-0.3, -0.25) is 0 Å². The average Bonchev–Trinajstić information content (AvgIpc) is 2.59. The van der Waals surface area contributed by atoms with Gasteiger partial charge >= 0.3 is 6.03 Å². The van der Waals surface area contributed by atoms with Crippen LogP contribution in [0.2, 0.25) is 5.02 Å². The van der Waals surface area contributed by atoms with E-state index in [0.717, 1.165) is 0 Å². The van der Waals surface area contributed by atoms with Crippen LogP contribution in [0.25, 0.3) is 0 Å². The maximum Gasteiger partial charge on any atom is 0.339 e. The van der Waals surface area contributed by atoms with E-state index >= 15 is 0 Å². The molecule has 2 rings (SSSR count). The van der Waals surface area contributed by atoms with Gasteiger partial charge in [0.15, 0.2) is 11.5 Å². The molecule has 136 valence electrons. The topological polar surface area (TPSA) is 83.0 Å². The van der Waals surface area contributed by atoms with Crippen LogP contribution in [-0.2, 0) is 6.42 Å². The summed E-state index contributed by atoms with van der Waals surface area (Å²) in [5.74, 6) is 0.437. The highest BCUT2D eigenvalue weighted by molar-refractivity contribution is 6.30. The number of rotatable bonds is 7.